The average molecular weight is 334 g/mol. The molecule has 0 spiro atoms. The fourth-order valence-corrected chi connectivity index (χ4v) is 2.53. The van der Waals surface area contributed by atoms with Crippen molar-refractivity contribution < 1.29 is 4.79 Å². The normalized spacial score (nSPS) is 10.7. The van der Waals surface area contributed by atoms with Crippen LogP contribution in [0.1, 0.15) is 35.0 Å². The lowest BCUT2D eigenvalue weighted by Crippen LogP contribution is -2.18. The van der Waals surface area contributed by atoms with Gasteiger partial charge in [0, 0.05) is 12.2 Å². The Morgan fingerprint density at radius 1 is 1.00 bits per heavy atom. The number of carbonyl (C=O) groups is 1. The number of anilines is 2. The van der Waals surface area contributed by atoms with E-state index in [0.29, 0.717) is 17.0 Å². The smallest absolute Gasteiger partial charge is 0.278 e. The molecule has 5 nitrogen and oxygen atoms in total. The molecule has 25 heavy (non-hydrogen) atoms. The lowest BCUT2D eigenvalue weighted by atomic mass is 10.1. The first-order valence-electron chi connectivity index (χ1n) is 8.47. The van der Waals surface area contributed by atoms with Crippen LogP contribution in [0.15, 0.2) is 42.5 Å². The van der Waals surface area contributed by atoms with E-state index in [1.54, 1.807) is 0 Å². The van der Waals surface area contributed by atoms with E-state index >= 15 is 0 Å². The summed E-state index contributed by atoms with van der Waals surface area (Å²) >= 11 is 0. The number of fused-ring (bicyclic) bond motifs is 1. The summed E-state index contributed by atoms with van der Waals surface area (Å²) in [6, 6.07) is 13.4. The predicted octanol–water partition coefficient (Wildman–Crippen LogP) is 4.32. The van der Waals surface area contributed by atoms with E-state index < -0.39 is 0 Å². The standard InChI is InChI=1S/C20H22N4O/c1-4-11-21-19-18(23-16-7-5-6-8-17(16)24-19)20(25)22-15-10-9-13(2)14(3)12-15/h5-10,12H,4,11H2,1-3H3,(H,21,24)(H,22,25). The van der Waals surface area contributed by atoms with Gasteiger partial charge in [0.1, 0.15) is 0 Å². The number of aromatic nitrogens is 2. The molecule has 1 amide bonds. The van der Waals surface area contributed by atoms with Gasteiger partial charge in [0.2, 0.25) is 0 Å². The largest absolute Gasteiger partial charge is 0.368 e. The fraction of sp³-hybridized carbons (Fsp3) is 0.250. The van der Waals surface area contributed by atoms with Gasteiger partial charge < -0.3 is 10.6 Å². The Morgan fingerprint density at radius 2 is 1.72 bits per heavy atom. The highest BCUT2D eigenvalue weighted by atomic mass is 16.1. The van der Waals surface area contributed by atoms with Crippen molar-refractivity contribution in [2.75, 3.05) is 17.2 Å². The number of hydrogen-bond acceptors (Lipinski definition) is 4. The second-order valence-corrected chi connectivity index (χ2v) is 6.09. The summed E-state index contributed by atoms with van der Waals surface area (Å²) in [5.41, 5.74) is 4.86. The molecule has 0 aliphatic rings. The SMILES string of the molecule is CCCNc1nc2ccccc2nc1C(=O)Nc1ccc(C)c(C)c1. The van der Waals surface area contributed by atoms with Crippen molar-refractivity contribution in [2.45, 2.75) is 27.2 Å². The maximum Gasteiger partial charge on any atom is 0.278 e. The average Bonchev–Trinajstić information content (AvgIpc) is 2.62. The van der Waals surface area contributed by atoms with Gasteiger partial charge in [-0.15, -0.1) is 0 Å². The van der Waals surface area contributed by atoms with E-state index in [1.165, 1.54) is 5.56 Å². The van der Waals surface area contributed by atoms with Gasteiger partial charge in [0.25, 0.3) is 5.91 Å². The number of carbonyl (C=O) groups excluding carboxylic acids is 1. The first-order valence-corrected chi connectivity index (χ1v) is 8.47. The van der Waals surface area contributed by atoms with E-state index in [4.69, 9.17) is 0 Å². The van der Waals surface area contributed by atoms with Crippen LogP contribution < -0.4 is 10.6 Å². The molecule has 3 rings (SSSR count). The Bertz CT molecular complexity index is 921. The zero-order valence-electron chi connectivity index (χ0n) is 14.8. The lowest BCUT2D eigenvalue weighted by molar-refractivity contribution is 0.102. The van der Waals surface area contributed by atoms with Crippen molar-refractivity contribution >= 4 is 28.4 Å². The fourth-order valence-electron chi connectivity index (χ4n) is 2.53. The third-order valence-corrected chi connectivity index (χ3v) is 4.09. The Balaban J connectivity index is 1.96. The van der Waals surface area contributed by atoms with Crippen LogP contribution in [-0.2, 0) is 0 Å². The minimum Gasteiger partial charge on any atom is -0.368 e. The van der Waals surface area contributed by atoms with Gasteiger partial charge >= 0.3 is 0 Å². The van der Waals surface area contributed by atoms with Crippen LogP contribution in [0.4, 0.5) is 11.5 Å². The van der Waals surface area contributed by atoms with Crippen molar-refractivity contribution in [1.82, 2.24) is 9.97 Å². The molecule has 0 atom stereocenters. The molecule has 1 heterocycles. The van der Waals surface area contributed by atoms with E-state index in [2.05, 4.69) is 27.5 Å². The van der Waals surface area contributed by atoms with Gasteiger partial charge in [0.15, 0.2) is 11.5 Å². The molecule has 2 N–H and O–H groups in total. The molecular weight excluding hydrogens is 312 g/mol. The van der Waals surface area contributed by atoms with Crippen LogP contribution >= 0.6 is 0 Å². The van der Waals surface area contributed by atoms with Gasteiger partial charge in [-0.3, -0.25) is 4.79 Å². The summed E-state index contributed by atoms with van der Waals surface area (Å²) in [6.45, 7) is 6.87. The molecule has 0 aliphatic heterocycles. The highest BCUT2D eigenvalue weighted by Gasteiger charge is 2.16. The second-order valence-electron chi connectivity index (χ2n) is 6.09. The van der Waals surface area contributed by atoms with Gasteiger partial charge in [-0.2, -0.15) is 0 Å². The first-order chi connectivity index (χ1) is 12.1. The first kappa shape index (κ1) is 16.9. The minimum absolute atomic E-state index is 0.264. The third kappa shape index (κ3) is 3.76. The van der Waals surface area contributed by atoms with Gasteiger partial charge in [-0.1, -0.05) is 25.1 Å². The van der Waals surface area contributed by atoms with Crippen LogP contribution in [0.3, 0.4) is 0 Å². The second kappa shape index (κ2) is 7.30. The van der Waals surface area contributed by atoms with Gasteiger partial charge in [-0.05, 0) is 55.7 Å². The number of benzene rings is 2. The molecule has 0 bridgehead atoms. The van der Waals surface area contributed by atoms with Crippen LogP contribution in [0.25, 0.3) is 11.0 Å². The number of rotatable bonds is 5. The minimum atomic E-state index is -0.264. The summed E-state index contributed by atoms with van der Waals surface area (Å²) in [5.74, 6) is 0.252. The van der Waals surface area contributed by atoms with Crippen molar-refractivity contribution in [3.8, 4) is 0 Å². The molecule has 1 aromatic heterocycles. The molecule has 0 unspecified atom stereocenters. The number of nitrogens with zero attached hydrogens (tertiary/aromatic N) is 2. The molecule has 0 aliphatic carbocycles. The molecule has 0 fully saturated rings. The van der Waals surface area contributed by atoms with Gasteiger partial charge in [0.05, 0.1) is 11.0 Å². The number of hydrogen-bond donors (Lipinski definition) is 2. The van der Waals surface area contributed by atoms with E-state index in [-0.39, 0.29) is 5.91 Å². The number of nitrogens with one attached hydrogen (secondary N) is 2. The predicted molar refractivity (Wildman–Crippen MR) is 102 cm³/mol. The highest BCUT2D eigenvalue weighted by Crippen LogP contribution is 2.20. The zero-order valence-corrected chi connectivity index (χ0v) is 14.8. The van der Waals surface area contributed by atoms with Crippen LogP contribution in [-0.4, -0.2) is 22.4 Å². The lowest BCUT2D eigenvalue weighted by Gasteiger charge is -2.12. The van der Waals surface area contributed by atoms with Crippen molar-refractivity contribution in [3.05, 3.63) is 59.3 Å². The Morgan fingerprint density at radius 3 is 2.40 bits per heavy atom. The number of para-hydroxylation sites is 2. The maximum atomic E-state index is 12.8. The zero-order chi connectivity index (χ0) is 17.8. The van der Waals surface area contributed by atoms with Crippen molar-refractivity contribution in [1.29, 1.82) is 0 Å². The summed E-state index contributed by atoms with van der Waals surface area (Å²) in [4.78, 5) is 21.9. The molecule has 5 heteroatoms. The van der Waals surface area contributed by atoms with E-state index in [0.717, 1.165) is 29.7 Å². The Kier molecular flexibility index (Phi) is 4.93. The Labute approximate surface area is 147 Å². The summed E-state index contributed by atoms with van der Waals surface area (Å²) in [7, 11) is 0. The molecule has 0 saturated carbocycles. The molecule has 128 valence electrons. The topological polar surface area (TPSA) is 66.9 Å². The van der Waals surface area contributed by atoms with E-state index in [1.807, 2.05) is 56.3 Å². The summed E-state index contributed by atoms with van der Waals surface area (Å²) < 4.78 is 0. The molecule has 0 saturated heterocycles. The molecule has 2 aromatic carbocycles. The van der Waals surface area contributed by atoms with Crippen molar-refractivity contribution in [2.24, 2.45) is 0 Å². The Hall–Kier alpha value is -2.95. The molecule has 3 aromatic rings. The maximum absolute atomic E-state index is 12.8. The third-order valence-electron chi connectivity index (χ3n) is 4.09. The van der Waals surface area contributed by atoms with Crippen LogP contribution in [0, 0.1) is 13.8 Å². The highest BCUT2D eigenvalue weighted by molar-refractivity contribution is 6.07. The number of aryl methyl sites for hydroxylation is 2. The van der Waals surface area contributed by atoms with E-state index in [9.17, 15) is 4.79 Å². The van der Waals surface area contributed by atoms with Gasteiger partial charge in [-0.25, -0.2) is 9.97 Å². The van der Waals surface area contributed by atoms with Crippen LogP contribution in [0.5, 0.6) is 0 Å². The molecule has 0 radical (unpaired) electrons. The summed E-state index contributed by atoms with van der Waals surface area (Å²) in [6.07, 6.45) is 0.937. The van der Waals surface area contributed by atoms with Crippen molar-refractivity contribution in [3.63, 3.8) is 0 Å². The monoisotopic (exact) mass is 334 g/mol. The van der Waals surface area contributed by atoms with Crippen LogP contribution in [0.2, 0.25) is 0 Å². The quantitative estimate of drug-likeness (QED) is 0.729. The molecular formula is C20H22N4O. The summed E-state index contributed by atoms with van der Waals surface area (Å²) in [5, 5.41) is 6.13. The number of amides is 1.